The molecular weight excluding hydrogens is 540 g/mol. The summed E-state index contributed by atoms with van der Waals surface area (Å²) in [5.41, 5.74) is 2.05. The monoisotopic (exact) mass is 556 g/mol. The van der Waals surface area contributed by atoms with Crippen LogP contribution in [0.2, 0.25) is 10.0 Å². The average Bonchev–Trinajstić information content (AvgIpc) is 3.38. The molecule has 2 amide bonds. The first-order valence-corrected chi connectivity index (χ1v) is 11.9. The lowest BCUT2D eigenvalue weighted by Gasteiger charge is -2.20. The SMILES string of the molecule is Cc1cc(F)ccc1N(C)C(=O)c1cc(NC(=O)C2C(c3ccc(F)c(Cl)c3)C2(Cl)Cl)ccc1Cl. The highest BCUT2D eigenvalue weighted by atomic mass is 35.5. The number of carbonyl (C=O) groups excluding carboxylic acids is 2. The van der Waals surface area contributed by atoms with Gasteiger partial charge in [0.15, 0.2) is 0 Å². The van der Waals surface area contributed by atoms with Gasteiger partial charge in [0.2, 0.25) is 5.91 Å². The molecule has 1 saturated carbocycles. The third-order valence-corrected chi connectivity index (χ3v) is 7.49. The highest BCUT2D eigenvalue weighted by Crippen LogP contribution is 2.65. The zero-order chi connectivity index (χ0) is 25.7. The second-order valence-corrected chi connectivity index (χ2v) is 10.5. The maximum atomic E-state index is 13.5. The summed E-state index contributed by atoms with van der Waals surface area (Å²) in [5.74, 6) is -3.35. The van der Waals surface area contributed by atoms with E-state index in [1.807, 2.05) is 0 Å². The van der Waals surface area contributed by atoms with Gasteiger partial charge in [0.1, 0.15) is 16.0 Å². The predicted molar refractivity (Wildman–Crippen MR) is 136 cm³/mol. The van der Waals surface area contributed by atoms with Gasteiger partial charge in [-0.2, -0.15) is 0 Å². The minimum absolute atomic E-state index is 0.0981. The van der Waals surface area contributed by atoms with Gasteiger partial charge in [-0.05, 0) is 66.6 Å². The molecule has 1 aliphatic rings. The molecule has 2 unspecified atom stereocenters. The first-order chi connectivity index (χ1) is 16.4. The Hall–Kier alpha value is -2.38. The molecule has 0 saturated heterocycles. The van der Waals surface area contributed by atoms with Crippen molar-refractivity contribution in [1.29, 1.82) is 0 Å². The molecule has 0 heterocycles. The lowest BCUT2D eigenvalue weighted by Crippen LogP contribution is -2.27. The molecule has 1 fully saturated rings. The molecule has 3 aromatic carbocycles. The summed E-state index contributed by atoms with van der Waals surface area (Å²) in [4.78, 5) is 27.5. The van der Waals surface area contributed by atoms with Gasteiger partial charge < -0.3 is 10.2 Å². The second kappa shape index (κ2) is 9.58. The van der Waals surface area contributed by atoms with Gasteiger partial charge >= 0.3 is 0 Å². The third kappa shape index (κ3) is 4.98. The van der Waals surface area contributed by atoms with Crippen molar-refractivity contribution in [2.45, 2.75) is 17.2 Å². The summed E-state index contributed by atoms with van der Waals surface area (Å²) in [7, 11) is 1.54. The van der Waals surface area contributed by atoms with Crippen LogP contribution in [0, 0.1) is 24.5 Å². The standard InChI is InChI=1S/C25H18Cl4F2N2O2/c1-12-9-14(30)4-8-20(12)33(2)24(35)16-11-15(5-6-17(16)26)32-23(34)22-21(25(22,28)29)13-3-7-19(31)18(27)10-13/h3-11,21-22H,1-2H3,(H,32,34). The summed E-state index contributed by atoms with van der Waals surface area (Å²) in [5, 5.41) is 2.79. The van der Waals surface area contributed by atoms with E-state index in [0.29, 0.717) is 22.5 Å². The lowest BCUT2D eigenvalue weighted by atomic mass is 10.1. The summed E-state index contributed by atoms with van der Waals surface area (Å²) in [6.07, 6.45) is 0. The molecule has 10 heteroatoms. The molecule has 0 spiro atoms. The van der Waals surface area contributed by atoms with Crippen LogP contribution in [0.25, 0.3) is 0 Å². The Morgan fingerprint density at radius 1 is 0.971 bits per heavy atom. The van der Waals surface area contributed by atoms with Crippen molar-refractivity contribution in [3.63, 3.8) is 0 Å². The molecule has 35 heavy (non-hydrogen) atoms. The van der Waals surface area contributed by atoms with Crippen LogP contribution in [-0.2, 0) is 4.79 Å². The lowest BCUT2D eigenvalue weighted by molar-refractivity contribution is -0.117. The number of nitrogens with one attached hydrogen (secondary N) is 1. The molecule has 0 radical (unpaired) electrons. The van der Waals surface area contributed by atoms with E-state index in [2.05, 4.69) is 5.32 Å². The molecule has 1 N–H and O–H groups in total. The Balaban J connectivity index is 1.54. The maximum absolute atomic E-state index is 13.5. The average molecular weight is 558 g/mol. The fourth-order valence-corrected chi connectivity index (χ4v) is 5.26. The number of aryl methyl sites for hydroxylation is 1. The van der Waals surface area contributed by atoms with Crippen LogP contribution >= 0.6 is 46.4 Å². The largest absolute Gasteiger partial charge is 0.326 e. The number of carbonyl (C=O) groups is 2. The topological polar surface area (TPSA) is 49.4 Å². The summed E-state index contributed by atoms with van der Waals surface area (Å²) in [6, 6.07) is 12.6. The van der Waals surface area contributed by atoms with E-state index in [1.54, 1.807) is 14.0 Å². The minimum atomic E-state index is -1.41. The molecule has 1 aliphatic carbocycles. The van der Waals surface area contributed by atoms with Gasteiger partial charge in [-0.1, -0.05) is 29.3 Å². The fourth-order valence-electron chi connectivity index (χ4n) is 4.05. The van der Waals surface area contributed by atoms with Gasteiger partial charge in [-0.25, -0.2) is 8.78 Å². The first-order valence-electron chi connectivity index (χ1n) is 10.4. The van der Waals surface area contributed by atoms with Gasteiger partial charge in [0.25, 0.3) is 5.91 Å². The Morgan fingerprint density at radius 2 is 1.69 bits per heavy atom. The van der Waals surface area contributed by atoms with E-state index in [-0.39, 0.29) is 15.6 Å². The smallest absolute Gasteiger partial charge is 0.259 e. The number of benzene rings is 3. The molecule has 4 rings (SSSR count). The van der Waals surface area contributed by atoms with Crippen LogP contribution in [0.15, 0.2) is 54.6 Å². The fraction of sp³-hybridized carbons (Fsp3) is 0.200. The Kier molecular flexibility index (Phi) is 7.04. The second-order valence-electron chi connectivity index (χ2n) is 8.28. The molecule has 0 aromatic heterocycles. The minimum Gasteiger partial charge on any atom is -0.326 e. The predicted octanol–water partition coefficient (Wildman–Crippen LogP) is 7.38. The zero-order valence-electron chi connectivity index (χ0n) is 18.4. The Morgan fingerprint density at radius 3 is 2.34 bits per heavy atom. The van der Waals surface area contributed by atoms with Crippen LogP contribution in [0.3, 0.4) is 0 Å². The summed E-state index contributed by atoms with van der Waals surface area (Å²) < 4.78 is 25.6. The van der Waals surface area contributed by atoms with E-state index < -0.39 is 39.6 Å². The zero-order valence-corrected chi connectivity index (χ0v) is 21.4. The van der Waals surface area contributed by atoms with E-state index in [9.17, 15) is 18.4 Å². The van der Waals surface area contributed by atoms with Crippen LogP contribution in [0.5, 0.6) is 0 Å². The first kappa shape index (κ1) is 25.7. The van der Waals surface area contributed by atoms with Crippen LogP contribution < -0.4 is 10.2 Å². The summed E-state index contributed by atoms with van der Waals surface area (Å²) >= 11 is 24.9. The summed E-state index contributed by atoms with van der Waals surface area (Å²) in [6.45, 7) is 1.69. The van der Waals surface area contributed by atoms with Gasteiger partial charge in [0, 0.05) is 24.3 Å². The van der Waals surface area contributed by atoms with Crippen molar-refractivity contribution in [2.24, 2.45) is 5.92 Å². The number of rotatable bonds is 5. The number of halogens is 6. The number of alkyl halides is 2. The Bertz CT molecular complexity index is 1350. The molecular formula is C25H18Cl4F2N2O2. The van der Waals surface area contributed by atoms with Crippen molar-refractivity contribution >= 4 is 69.6 Å². The van der Waals surface area contributed by atoms with Gasteiger partial charge in [0.05, 0.1) is 21.5 Å². The van der Waals surface area contributed by atoms with Crippen molar-refractivity contribution in [1.82, 2.24) is 0 Å². The van der Waals surface area contributed by atoms with Crippen molar-refractivity contribution < 1.29 is 18.4 Å². The van der Waals surface area contributed by atoms with E-state index in [1.165, 1.54) is 59.5 Å². The van der Waals surface area contributed by atoms with Crippen molar-refractivity contribution in [3.05, 3.63) is 93.0 Å². The van der Waals surface area contributed by atoms with Crippen LogP contribution in [0.1, 0.15) is 27.4 Å². The Labute approximate surface area is 220 Å². The van der Waals surface area contributed by atoms with E-state index in [4.69, 9.17) is 46.4 Å². The normalized spacial score (nSPS) is 18.2. The van der Waals surface area contributed by atoms with Crippen LogP contribution in [-0.4, -0.2) is 23.2 Å². The van der Waals surface area contributed by atoms with Gasteiger partial charge in [-0.3, -0.25) is 9.59 Å². The van der Waals surface area contributed by atoms with E-state index in [0.717, 1.165) is 0 Å². The molecule has 3 aromatic rings. The number of hydrogen-bond donors (Lipinski definition) is 1. The highest BCUT2D eigenvalue weighted by molar-refractivity contribution is 6.53. The number of anilines is 2. The highest BCUT2D eigenvalue weighted by Gasteiger charge is 2.67. The molecule has 2 atom stereocenters. The molecule has 182 valence electrons. The quantitative estimate of drug-likeness (QED) is 0.333. The molecule has 4 nitrogen and oxygen atoms in total. The molecule has 0 aliphatic heterocycles. The van der Waals surface area contributed by atoms with Crippen molar-refractivity contribution in [3.8, 4) is 0 Å². The number of nitrogens with zero attached hydrogens (tertiary/aromatic N) is 1. The van der Waals surface area contributed by atoms with Crippen molar-refractivity contribution in [2.75, 3.05) is 17.3 Å². The van der Waals surface area contributed by atoms with Gasteiger partial charge in [-0.15, -0.1) is 23.2 Å². The number of amides is 2. The third-order valence-electron chi connectivity index (χ3n) is 5.93. The van der Waals surface area contributed by atoms with Crippen LogP contribution in [0.4, 0.5) is 20.2 Å². The maximum Gasteiger partial charge on any atom is 0.259 e. The van der Waals surface area contributed by atoms with E-state index >= 15 is 0 Å². The molecule has 0 bridgehead atoms. The number of hydrogen-bond acceptors (Lipinski definition) is 2.